The van der Waals surface area contributed by atoms with Gasteiger partial charge in [0.2, 0.25) is 21.8 Å². The van der Waals surface area contributed by atoms with Crippen LogP contribution < -0.4 is 21.1 Å². The van der Waals surface area contributed by atoms with Crippen molar-refractivity contribution in [1.29, 1.82) is 10.8 Å². The molecule has 0 spiro atoms. The number of amides is 2. The van der Waals surface area contributed by atoms with Crippen molar-refractivity contribution in [3.63, 3.8) is 0 Å². The van der Waals surface area contributed by atoms with Gasteiger partial charge >= 0.3 is 0 Å². The van der Waals surface area contributed by atoms with E-state index in [1.54, 1.807) is 17.0 Å². The van der Waals surface area contributed by atoms with E-state index in [-0.39, 0.29) is 34.9 Å². The number of sulfonamides is 1. The molecule has 1 heterocycles. The Balaban J connectivity index is 1.40. The molecule has 1 saturated carbocycles. The molecule has 0 bridgehead atoms. The van der Waals surface area contributed by atoms with Crippen molar-refractivity contribution in [1.82, 2.24) is 20.3 Å². The lowest BCUT2D eigenvalue weighted by molar-refractivity contribution is -0.128. The molecule has 1 unspecified atom stereocenters. The van der Waals surface area contributed by atoms with Crippen LogP contribution >= 0.6 is 0 Å². The molecular formula is C25H33N7O4S. The highest BCUT2D eigenvalue weighted by molar-refractivity contribution is 7.89. The molecule has 2 amide bonds. The van der Waals surface area contributed by atoms with Crippen molar-refractivity contribution in [3.8, 4) is 0 Å². The van der Waals surface area contributed by atoms with Crippen LogP contribution in [0.5, 0.6) is 0 Å². The Bertz CT molecular complexity index is 1310. The summed E-state index contributed by atoms with van der Waals surface area (Å²) in [5.74, 6) is -1.26. The number of fused-ring (bicyclic) bond motifs is 1. The second-order valence-corrected chi connectivity index (χ2v) is 11.4. The molecule has 12 heteroatoms. The molecule has 2 fully saturated rings. The molecule has 1 aliphatic carbocycles. The summed E-state index contributed by atoms with van der Waals surface area (Å²) in [6.07, 6.45) is 2.95. The number of likely N-dealkylation sites (tertiary alicyclic amines) is 1. The van der Waals surface area contributed by atoms with Crippen molar-refractivity contribution < 1.29 is 18.0 Å². The number of carbonyl (C=O) groups excluding carboxylic acids is 2. The lowest BCUT2D eigenvalue weighted by Crippen LogP contribution is -2.50. The van der Waals surface area contributed by atoms with E-state index in [0.717, 1.165) is 36.5 Å². The molecule has 37 heavy (non-hydrogen) atoms. The number of piperidine rings is 1. The van der Waals surface area contributed by atoms with Gasteiger partial charge in [-0.25, -0.2) is 8.42 Å². The summed E-state index contributed by atoms with van der Waals surface area (Å²) in [7, 11) is -4.07. The number of nitrogens with one attached hydrogen (secondary N) is 5. The average Bonchev–Trinajstić information content (AvgIpc) is 3.70. The number of nitrogens with zero attached hydrogens (tertiary/aromatic N) is 1. The first-order valence-corrected chi connectivity index (χ1v) is 13.9. The summed E-state index contributed by atoms with van der Waals surface area (Å²) in [5, 5.41) is 22.6. The van der Waals surface area contributed by atoms with Crippen LogP contribution in [-0.4, -0.2) is 68.5 Å². The molecule has 0 aromatic heterocycles. The second kappa shape index (κ2) is 11.3. The van der Waals surface area contributed by atoms with Gasteiger partial charge in [0.25, 0.3) is 0 Å². The van der Waals surface area contributed by atoms with Crippen LogP contribution in [0.15, 0.2) is 47.4 Å². The zero-order chi connectivity index (χ0) is 26.6. The minimum absolute atomic E-state index is 0.00745. The first-order chi connectivity index (χ1) is 17.6. The smallest absolute Gasteiger partial charge is 0.241 e. The highest BCUT2D eigenvalue weighted by Gasteiger charge is 2.32. The zero-order valence-corrected chi connectivity index (χ0v) is 21.3. The summed E-state index contributed by atoms with van der Waals surface area (Å²) >= 11 is 0. The van der Waals surface area contributed by atoms with Gasteiger partial charge < -0.3 is 21.3 Å². The SMILES string of the molecule is N=C(N)C(=N)N1CCCC(CNC(=O)C[C@H](NS(=O)(=O)c2ccc3ccccc3c2)C(=O)NC2CC2)C1. The standard InChI is InChI=1S/C25H33N7O4S/c26-23(27)24(28)32-11-3-4-16(15-32)14-29-22(33)13-21(25(34)30-19-8-9-19)31-37(35,36)20-10-7-17-5-1-2-6-18(17)12-20/h1-2,5-7,10,12,16,19,21,28,31H,3-4,8-9,11,13-15H2,(H3,26,27)(H,29,33)(H,30,34)/t16?,21-/m0/s1. The van der Waals surface area contributed by atoms with Gasteiger partial charge in [-0.05, 0) is 54.5 Å². The molecule has 7 N–H and O–H groups in total. The number of benzene rings is 2. The third kappa shape index (κ3) is 7.04. The monoisotopic (exact) mass is 527 g/mol. The van der Waals surface area contributed by atoms with Gasteiger partial charge in [0.15, 0.2) is 11.7 Å². The summed E-state index contributed by atoms with van der Waals surface area (Å²) in [4.78, 5) is 27.4. The number of carbonyl (C=O) groups is 2. The van der Waals surface area contributed by atoms with E-state index in [1.165, 1.54) is 6.07 Å². The Labute approximate surface area is 216 Å². The quantitative estimate of drug-likeness (QED) is 0.208. The van der Waals surface area contributed by atoms with Crippen molar-refractivity contribution >= 4 is 44.3 Å². The maximum absolute atomic E-state index is 13.2. The molecular weight excluding hydrogens is 494 g/mol. The van der Waals surface area contributed by atoms with E-state index in [9.17, 15) is 18.0 Å². The minimum Gasteiger partial charge on any atom is -0.381 e. The number of hydrogen-bond donors (Lipinski definition) is 6. The third-order valence-corrected chi connectivity index (χ3v) is 8.11. The normalized spacial score (nSPS) is 18.7. The number of nitrogens with two attached hydrogens (primary N) is 1. The first-order valence-electron chi connectivity index (χ1n) is 12.4. The average molecular weight is 528 g/mol. The predicted molar refractivity (Wildman–Crippen MR) is 141 cm³/mol. The minimum atomic E-state index is -4.07. The fourth-order valence-corrected chi connectivity index (χ4v) is 5.66. The van der Waals surface area contributed by atoms with Crippen LogP contribution in [0, 0.1) is 16.7 Å². The molecule has 2 aromatic carbocycles. The van der Waals surface area contributed by atoms with Gasteiger partial charge in [0, 0.05) is 25.7 Å². The van der Waals surface area contributed by atoms with E-state index in [1.807, 2.05) is 24.3 Å². The van der Waals surface area contributed by atoms with Crippen molar-refractivity contribution in [2.45, 2.75) is 49.1 Å². The highest BCUT2D eigenvalue weighted by Crippen LogP contribution is 2.21. The van der Waals surface area contributed by atoms with E-state index < -0.39 is 27.9 Å². The van der Waals surface area contributed by atoms with Gasteiger partial charge in [-0.15, -0.1) is 0 Å². The van der Waals surface area contributed by atoms with Crippen LogP contribution in [0.2, 0.25) is 0 Å². The largest absolute Gasteiger partial charge is 0.381 e. The molecule has 2 aromatic rings. The summed E-state index contributed by atoms with van der Waals surface area (Å²) < 4.78 is 28.8. The van der Waals surface area contributed by atoms with Crippen molar-refractivity contribution in [2.24, 2.45) is 11.7 Å². The maximum Gasteiger partial charge on any atom is 0.241 e. The lowest BCUT2D eigenvalue weighted by atomic mass is 9.97. The fraction of sp³-hybridized carbons (Fsp3) is 0.440. The molecule has 0 radical (unpaired) electrons. The van der Waals surface area contributed by atoms with E-state index in [0.29, 0.717) is 19.6 Å². The van der Waals surface area contributed by atoms with Crippen molar-refractivity contribution in [2.75, 3.05) is 19.6 Å². The van der Waals surface area contributed by atoms with Gasteiger partial charge in [0.1, 0.15) is 6.04 Å². The molecule has 11 nitrogen and oxygen atoms in total. The molecule has 1 saturated heterocycles. The van der Waals surface area contributed by atoms with Crippen LogP contribution in [-0.2, 0) is 19.6 Å². The van der Waals surface area contributed by atoms with Crippen LogP contribution in [0.1, 0.15) is 32.1 Å². The van der Waals surface area contributed by atoms with Gasteiger partial charge in [0.05, 0.1) is 11.3 Å². The van der Waals surface area contributed by atoms with Crippen molar-refractivity contribution in [3.05, 3.63) is 42.5 Å². The first kappa shape index (κ1) is 26.6. The Hall–Kier alpha value is -3.51. The maximum atomic E-state index is 13.2. The Morgan fingerprint density at radius 2 is 1.81 bits per heavy atom. The Morgan fingerprint density at radius 3 is 2.51 bits per heavy atom. The van der Waals surface area contributed by atoms with E-state index in [2.05, 4.69) is 15.4 Å². The molecule has 198 valence electrons. The van der Waals surface area contributed by atoms with Crippen LogP contribution in [0.3, 0.4) is 0 Å². The van der Waals surface area contributed by atoms with Gasteiger partial charge in [-0.1, -0.05) is 30.3 Å². The molecule has 4 rings (SSSR count). The number of rotatable bonds is 9. The zero-order valence-electron chi connectivity index (χ0n) is 20.5. The second-order valence-electron chi connectivity index (χ2n) is 9.69. The lowest BCUT2D eigenvalue weighted by Gasteiger charge is -2.34. The Kier molecular flexibility index (Phi) is 8.08. The predicted octanol–water partition coefficient (Wildman–Crippen LogP) is 0.897. The van der Waals surface area contributed by atoms with Gasteiger partial charge in [-0.2, -0.15) is 4.72 Å². The highest BCUT2D eigenvalue weighted by atomic mass is 32.2. The molecule has 2 atom stereocenters. The number of hydrogen-bond acceptors (Lipinski definition) is 6. The van der Waals surface area contributed by atoms with Crippen LogP contribution in [0.25, 0.3) is 10.8 Å². The fourth-order valence-electron chi connectivity index (χ4n) is 4.43. The van der Waals surface area contributed by atoms with Gasteiger partial charge in [-0.3, -0.25) is 20.4 Å². The van der Waals surface area contributed by atoms with Crippen LogP contribution in [0.4, 0.5) is 0 Å². The summed E-state index contributed by atoms with van der Waals surface area (Å²) in [6, 6.07) is 10.8. The molecule has 1 aliphatic heterocycles. The third-order valence-electron chi connectivity index (χ3n) is 6.64. The van der Waals surface area contributed by atoms with E-state index in [4.69, 9.17) is 16.6 Å². The summed E-state index contributed by atoms with van der Waals surface area (Å²) in [6.45, 7) is 1.43. The Morgan fingerprint density at radius 1 is 1.08 bits per heavy atom. The summed E-state index contributed by atoms with van der Waals surface area (Å²) in [5.41, 5.74) is 5.43. The number of amidine groups is 2. The topological polar surface area (TPSA) is 181 Å². The van der Waals surface area contributed by atoms with E-state index >= 15 is 0 Å². The molecule has 2 aliphatic rings.